The molecule has 1 atom stereocenters. The number of rotatable bonds is 5. The van der Waals surface area contributed by atoms with Crippen molar-refractivity contribution < 1.29 is 12.9 Å². The molecular formula is C4H11NO3S2. The van der Waals surface area contributed by atoms with Gasteiger partial charge in [-0.3, -0.25) is 8.74 Å². The second-order valence-corrected chi connectivity index (χ2v) is 4.06. The topological polar surface area (TPSA) is 58.6 Å². The van der Waals surface area contributed by atoms with Gasteiger partial charge in [0, 0.05) is 11.2 Å². The van der Waals surface area contributed by atoms with Gasteiger partial charge in [-0.15, -0.1) is 0 Å². The molecule has 0 rings (SSSR count). The first-order chi connectivity index (χ1) is 4.56. The van der Waals surface area contributed by atoms with E-state index in [1.165, 1.54) is 0 Å². The van der Waals surface area contributed by atoms with Gasteiger partial charge >= 0.3 is 0 Å². The molecule has 0 amide bonds. The molecule has 0 saturated carbocycles. The third kappa shape index (κ3) is 8.25. The Balaban J connectivity index is 3.21. The summed E-state index contributed by atoms with van der Waals surface area (Å²) < 4.78 is 23.1. The summed E-state index contributed by atoms with van der Waals surface area (Å²) in [7, 11) is -1.60. The van der Waals surface area contributed by atoms with Gasteiger partial charge in [-0.05, 0) is 20.0 Å². The Bertz CT molecular complexity index is 165. The maximum Gasteiger partial charge on any atom is 0.266 e. The highest BCUT2D eigenvalue weighted by Gasteiger charge is 1.97. The Morgan fingerprint density at radius 2 is 2.40 bits per heavy atom. The number of nitrogens with one attached hydrogen (secondary N) is 1. The molecule has 0 aliphatic carbocycles. The molecule has 0 spiro atoms. The van der Waals surface area contributed by atoms with E-state index in [-0.39, 0.29) is 6.61 Å². The predicted octanol–water partition coefficient (Wildman–Crippen LogP) is -0.253. The van der Waals surface area contributed by atoms with Crippen molar-refractivity contribution in [3.8, 4) is 0 Å². The third-order valence-corrected chi connectivity index (χ3v) is 1.56. The minimum Gasteiger partial charge on any atom is -0.320 e. The van der Waals surface area contributed by atoms with Gasteiger partial charge in [-0.2, -0.15) is 4.21 Å². The van der Waals surface area contributed by atoms with Crippen molar-refractivity contribution >= 4 is 20.2 Å². The Labute approximate surface area is 65.7 Å². The van der Waals surface area contributed by atoms with Crippen molar-refractivity contribution in [3.63, 3.8) is 0 Å². The van der Waals surface area contributed by atoms with Crippen molar-refractivity contribution in [1.82, 2.24) is 5.32 Å². The third-order valence-electron chi connectivity index (χ3n) is 0.803. The van der Waals surface area contributed by atoms with Crippen LogP contribution in [0.15, 0.2) is 0 Å². The summed E-state index contributed by atoms with van der Waals surface area (Å²) in [4.78, 5) is 0. The van der Waals surface area contributed by atoms with Gasteiger partial charge in [0.15, 0.2) is 0 Å². The normalized spacial score (nSPS) is 16.6. The summed E-state index contributed by atoms with van der Waals surface area (Å²) in [5, 5.41) is 2.87. The zero-order valence-electron chi connectivity index (χ0n) is 5.70. The molecule has 0 aromatic heterocycles. The molecule has 0 fully saturated rings. The first kappa shape index (κ1) is 10.2. The minimum absolute atomic E-state index is 0.222. The van der Waals surface area contributed by atoms with Crippen molar-refractivity contribution in [2.45, 2.75) is 6.42 Å². The van der Waals surface area contributed by atoms with E-state index in [4.69, 9.17) is 4.55 Å². The summed E-state index contributed by atoms with van der Waals surface area (Å²) in [6, 6.07) is 0. The molecule has 6 heteroatoms. The van der Waals surface area contributed by atoms with Crippen LogP contribution in [0.4, 0.5) is 0 Å². The van der Waals surface area contributed by atoms with Gasteiger partial charge in [-0.1, -0.05) is 0 Å². The fraction of sp³-hybridized carbons (Fsp3) is 1.00. The molecule has 0 radical (unpaired) electrons. The molecule has 0 aliphatic heterocycles. The van der Waals surface area contributed by atoms with Gasteiger partial charge in [0.1, 0.15) is 0 Å². The molecule has 0 saturated heterocycles. The lowest BCUT2D eigenvalue weighted by Gasteiger charge is -2.00. The smallest absolute Gasteiger partial charge is 0.266 e. The van der Waals surface area contributed by atoms with Crippen LogP contribution in [0.1, 0.15) is 6.42 Å². The molecule has 4 nitrogen and oxygen atoms in total. The van der Waals surface area contributed by atoms with Crippen LogP contribution in [-0.2, 0) is 24.4 Å². The van der Waals surface area contributed by atoms with Gasteiger partial charge in [0.25, 0.3) is 9.05 Å². The molecule has 2 N–H and O–H groups in total. The van der Waals surface area contributed by atoms with Crippen LogP contribution in [0, 0.1) is 0 Å². The summed E-state index contributed by atoms with van der Waals surface area (Å²) in [5.41, 5.74) is 0. The van der Waals surface area contributed by atoms with Gasteiger partial charge in [0.05, 0.1) is 6.61 Å². The Hall–Kier alpha value is 0.250. The van der Waals surface area contributed by atoms with Crippen LogP contribution < -0.4 is 5.32 Å². The first-order valence-electron chi connectivity index (χ1n) is 2.82. The zero-order valence-corrected chi connectivity index (χ0v) is 7.33. The average Bonchev–Trinajstić information content (AvgIpc) is 1.78. The highest BCUT2D eigenvalue weighted by molar-refractivity contribution is 8.27. The minimum atomic E-state index is -3.40. The van der Waals surface area contributed by atoms with Crippen LogP contribution >= 0.6 is 0 Å². The summed E-state index contributed by atoms with van der Waals surface area (Å²) in [6.45, 7) is 0.977. The number of hydrogen-bond acceptors (Lipinski definition) is 4. The van der Waals surface area contributed by atoms with E-state index in [2.05, 4.69) is 20.7 Å². The lowest BCUT2D eigenvalue weighted by atomic mass is 10.5. The van der Waals surface area contributed by atoms with Crippen LogP contribution in [-0.4, -0.2) is 29.0 Å². The first-order valence-corrected chi connectivity index (χ1v) is 5.19. The fourth-order valence-electron chi connectivity index (χ4n) is 0.413. The van der Waals surface area contributed by atoms with Crippen LogP contribution in [0.5, 0.6) is 0 Å². The van der Waals surface area contributed by atoms with E-state index in [0.29, 0.717) is 6.42 Å². The predicted molar refractivity (Wildman–Crippen MR) is 42.6 cm³/mol. The molecule has 0 aromatic carbocycles. The van der Waals surface area contributed by atoms with E-state index in [1.807, 2.05) is 0 Å². The second kappa shape index (κ2) is 4.97. The molecular weight excluding hydrogens is 174 g/mol. The van der Waals surface area contributed by atoms with Gasteiger partial charge in [-0.25, -0.2) is 0 Å². The monoisotopic (exact) mass is 185 g/mol. The van der Waals surface area contributed by atoms with Crippen LogP contribution in [0.3, 0.4) is 0 Å². The van der Waals surface area contributed by atoms with E-state index in [1.54, 1.807) is 7.05 Å². The van der Waals surface area contributed by atoms with Gasteiger partial charge < -0.3 is 5.32 Å². The van der Waals surface area contributed by atoms with Crippen molar-refractivity contribution in [2.75, 3.05) is 20.2 Å². The molecule has 0 aromatic rings. The zero-order chi connectivity index (χ0) is 8.04. The second-order valence-electron chi connectivity index (χ2n) is 1.71. The maximum absolute atomic E-state index is 10.3. The lowest BCUT2D eigenvalue weighted by Crippen LogP contribution is -2.12. The number of hydrogen-bond donors (Lipinski definition) is 2. The Morgan fingerprint density at radius 1 is 1.80 bits per heavy atom. The van der Waals surface area contributed by atoms with Crippen molar-refractivity contribution in [3.05, 3.63) is 0 Å². The van der Waals surface area contributed by atoms with Crippen LogP contribution in [0.25, 0.3) is 0 Å². The molecule has 10 heavy (non-hydrogen) atoms. The quantitative estimate of drug-likeness (QED) is 0.578. The Morgan fingerprint density at radius 3 is 2.80 bits per heavy atom. The summed E-state index contributed by atoms with van der Waals surface area (Å²) >= 11 is 4.08. The highest BCUT2D eigenvalue weighted by atomic mass is 32.9. The van der Waals surface area contributed by atoms with Crippen molar-refractivity contribution in [1.29, 1.82) is 0 Å². The summed E-state index contributed by atoms with van der Waals surface area (Å²) in [6.07, 6.45) is 0.685. The molecule has 0 heterocycles. The SMILES string of the molecule is CNCCCOS(=O)(O)=S. The van der Waals surface area contributed by atoms with Crippen molar-refractivity contribution in [2.24, 2.45) is 0 Å². The standard InChI is InChI=1S/C4H11NO3S2/c1-5-3-2-4-8-10(6,7)9/h5H,2-4H2,1H3,(H,6,7,9). The Kier molecular flexibility index (Phi) is 5.10. The molecule has 0 aliphatic rings. The summed E-state index contributed by atoms with van der Waals surface area (Å²) in [5.74, 6) is 0. The van der Waals surface area contributed by atoms with E-state index in [0.717, 1.165) is 6.54 Å². The molecule has 1 unspecified atom stereocenters. The average molecular weight is 185 g/mol. The highest BCUT2D eigenvalue weighted by Crippen LogP contribution is 1.88. The van der Waals surface area contributed by atoms with E-state index >= 15 is 0 Å². The maximum atomic E-state index is 10.3. The fourth-order valence-corrected chi connectivity index (χ4v) is 0.946. The lowest BCUT2D eigenvalue weighted by molar-refractivity contribution is 0.298. The van der Waals surface area contributed by atoms with E-state index in [9.17, 15) is 4.21 Å². The largest absolute Gasteiger partial charge is 0.320 e. The van der Waals surface area contributed by atoms with Gasteiger partial charge in [0.2, 0.25) is 0 Å². The molecule has 0 bridgehead atoms. The van der Waals surface area contributed by atoms with E-state index < -0.39 is 9.05 Å². The molecule has 62 valence electrons. The van der Waals surface area contributed by atoms with Crippen LogP contribution in [0.2, 0.25) is 0 Å².